The summed E-state index contributed by atoms with van der Waals surface area (Å²) in [6.45, 7) is 7.31. The maximum absolute atomic E-state index is 12.3. The van der Waals surface area contributed by atoms with Crippen LogP contribution in [0.15, 0.2) is 0 Å². The fraction of sp³-hybridized carbons (Fsp3) is 0.938. The molecule has 1 aliphatic rings. The second-order valence-electron chi connectivity index (χ2n) is 7.95. The molecule has 1 rings (SSSR count). The Kier molecular flexibility index (Phi) is 5.61. The van der Waals surface area contributed by atoms with E-state index in [1.165, 1.54) is 19.3 Å². The standard InChI is InChI=1S/C16H33N3O/c1-15(2,3)11-13(17)10-14(20)19(6)12-16(18(4)5)8-7-9-16/h13H,7-12,17H2,1-6H3. The highest BCUT2D eigenvalue weighted by molar-refractivity contribution is 5.76. The van der Waals surface area contributed by atoms with E-state index in [-0.39, 0.29) is 22.9 Å². The van der Waals surface area contributed by atoms with Crippen LogP contribution in [0.5, 0.6) is 0 Å². The highest BCUT2D eigenvalue weighted by Crippen LogP contribution is 2.36. The summed E-state index contributed by atoms with van der Waals surface area (Å²) in [5.74, 6) is 0.176. The molecule has 0 bridgehead atoms. The monoisotopic (exact) mass is 283 g/mol. The molecular weight excluding hydrogens is 250 g/mol. The molecule has 0 aromatic carbocycles. The number of carbonyl (C=O) groups is 1. The van der Waals surface area contributed by atoms with Crippen LogP contribution in [-0.2, 0) is 4.79 Å². The number of amides is 1. The van der Waals surface area contributed by atoms with Crippen molar-refractivity contribution in [1.29, 1.82) is 0 Å². The summed E-state index contributed by atoms with van der Waals surface area (Å²) in [4.78, 5) is 16.5. The average Bonchev–Trinajstić information content (AvgIpc) is 2.19. The first-order chi connectivity index (χ1) is 9.06. The largest absolute Gasteiger partial charge is 0.344 e. The predicted octanol–water partition coefficient (Wildman–Crippen LogP) is 2.08. The Morgan fingerprint density at radius 2 is 1.80 bits per heavy atom. The lowest BCUT2D eigenvalue weighted by atomic mass is 9.75. The van der Waals surface area contributed by atoms with E-state index in [1.807, 2.05) is 11.9 Å². The molecule has 0 radical (unpaired) electrons. The molecule has 1 atom stereocenters. The zero-order valence-electron chi connectivity index (χ0n) is 14.2. The van der Waals surface area contributed by atoms with Crippen LogP contribution in [0.1, 0.15) is 52.9 Å². The quantitative estimate of drug-likeness (QED) is 0.812. The van der Waals surface area contributed by atoms with E-state index in [0.717, 1.165) is 13.0 Å². The van der Waals surface area contributed by atoms with Crippen molar-refractivity contribution in [2.24, 2.45) is 11.1 Å². The van der Waals surface area contributed by atoms with E-state index in [2.05, 4.69) is 39.8 Å². The number of nitrogens with two attached hydrogens (primary N) is 1. The first-order valence-electron chi connectivity index (χ1n) is 7.73. The van der Waals surface area contributed by atoms with Crippen LogP contribution < -0.4 is 5.73 Å². The third kappa shape index (κ3) is 4.74. The molecule has 0 spiro atoms. The summed E-state index contributed by atoms with van der Waals surface area (Å²) in [5.41, 5.74) is 6.48. The molecule has 0 aromatic rings. The minimum atomic E-state index is -0.0401. The normalized spacial score (nSPS) is 19.6. The van der Waals surface area contributed by atoms with Gasteiger partial charge in [0.15, 0.2) is 0 Å². The van der Waals surface area contributed by atoms with Crippen molar-refractivity contribution in [3.05, 3.63) is 0 Å². The van der Waals surface area contributed by atoms with Crippen LogP contribution in [0.4, 0.5) is 0 Å². The van der Waals surface area contributed by atoms with Crippen molar-refractivity contribution in [2.45, 2.75) is 64.5 Å². The first-order valence-corrected chi connectivity index (χ1v) is 7.73. The molecule has 118 valence electrons. The van der Waals surface area contributed by atoms with E-state index in [1.54, 1.807) is 0 Å². The summed E-state index contributed by atoms with van der Waals surface area (Å²) >= 11 is 0. The average molecular weight is 283 g/mol. The minimum absolute atomic E-state index is 0.0401. The molecule has 1 aliphatic carbocycles. The van der Waals surface area contributed by atoms with E-state index in [0.29, 0.717) is 6.42 Å². The second kappa shape index (κ2) is 6.44. The zero-order valence-corrected chi connectivity index (χ0v) is 14.2. The lowest BCUT2D eigenvalue weighted by Crippen LogP contribution is -2.57. The maximum Gasteiger partial charge on any atom is 0.223 e. The Hall–Kier alpha value is -0.610. The Balaban J connectivity index is 2.47. The summed E-state index contributed by atoms with van der Waals surface area (Å²) in [7, 11) is 6.14. The van der Waals surface area contributed by atoms with Crippen molar-refractivity contribution in [1.82, 2.24) is 9.80 Å². The summed E-state index contributed by atoms with van der Waals surface area (Å²) in [6, 6.07) is -0.0401. The lowest BCUT2D eigenvalue weighted by molar-refractivity contribution is -0.133. The van der Waals surface area contributed by atoms with Gasteiger partial charge in [-0.3, -0.25) is 4.79 Å². The lowest BCUT2D eigenvalue weighted by Gasteiger charge is -2.49. The fourth-order valence-corrected chi connectivity index (χ4v) is 3.10. The van der Waals surface area contributed by atoms with Crippen LogP contribution in [-0.4, -0.2) is 55.0 Å². The first kappa shape index (κ1) is 17.4. The second-order valence-corrected chi connectivity index (χ2v) is 7.95. The Labute approximate surface area is 124 Å². The third-order valence-corrected chi connectivity index (χ3v) is 4.50. The smallest absolute Gasteiger partial charge is 0.223 e. The summed E-state index contributed by atoms with van der Waals surface area (Å²) in [5, 5.41) is 0. The van der Waals surface area contributed by atoms with Crippen molar-refractivity contribution >= 4 is 5.91 Å². The molecule has 1 fully saturated rings. The van der Waals surface area contributed by atoms with Crippen LogP contribution in [0.25, 0.3) is 0 Å². The SMILES string of the molecule is CN(CC1(N(C)C)CCC1)C(=O)CC(N)CC(C)(C)C. The number of carbonyl (C=O) groups excluding carboxylic acids is 1. The fourth-order valence-electron chi connectivity index (χ4n) is 3.10. The van der Waals surface area contributed by atoms with Gasteiger partial charge in [0, 0.05) is 31.6 Å². The van der Waals surface area contributed by atoms with Crippen molar-refractivity contribution in [3.63, 3.8) is 0 Å². The van der Waals surface area contributed by atoms with E-state index >= 15 is 0 Å². The number of hydrogen-bond acceptors (Lipinski definition) is 3. The molecule has 4 heteroatoms. The van der Waals surface area contributed by atoms with Crippen LogP contribution in [0.2, 0.25) is 0 Å². The molecule has 0 saturated heterocycles. The number of hydrogen-bond donors (Lipinski definition) is 1. The zero-order chi connectivity index (χ0) is 15.6. The topological polar surface area (TPSA) is 49.6 Å². The molecule has 0 heterocycles. The van der Waals surface area contributed by atoms with Gasteiger partial charge in [0.2, 0.25) is 5.91 Å². The van der Waals surface area contributed by atoms with Gasteiger partial charge in [-0.1, -0.05) is 20.8 Å². The van der Waals surface area contributed by atoms with Crippen LogP contribution in [0, 0.1) is 5.41 Å². The highest BCUT2D eigenvalue weighted by atomic mass is 16.2. The molecule has 4 nitrogen and oxygen atoms in total. The van der Waals surface area contributed by atoms with Gasteiger partial charge in [0.1, 0.15) is 0 Å². The Bertz CT molecular complexity index is 329. The molecule has 0 aromatic heterocycles. The van der Waals surface area contributed by atoms with Crippen LogP contribution in [0.3, 0.4) is 0 Å². The van der Waals surface area contributed by atoms with Crippen LogP contribution >= 0.6 is 0 Å². The number of likely N-dealkylation sites (N-methyl/N-ethyl adjacent to an activating group) is 2. The van der Waals surface area contributed by atoms with Gasteiger partial charge >= 0.3 is 0 Å². The molecule has 2 N–H and O–H groups in total. The van der Waals surface area contributed by atoms with Crippen molar-refractivity contribution in [3.8, 4) is 0 Å². The van der Waals surface area contributed by atoms with Gasteiger partial charge < -0.3 is 15.5 Å². The highest BCUT2D eigenvalue weighted by Gasteiger charge is 2.40. The van der Waals surface area contributed by atoms with Gasteiger partial charge in [-0.15, -0.1) is 0 Å². The maximum atomic E-state index is 12.3. The predicted molar refractivity (Wildman–Crippen MR) is 84.6 cm³/mol. The molecule has 0 aliphatic heterocycles. The third-order valence-electron chi connectivity index (χ3n) is 4.50. The minimum Gasteiger partial charge on any atom is -0.344 e. The molecular formula is C16H33N3O. The van der Waals surface area contributed by atoms with Gasteiger partial charge in [-0.2, -0.15) is 0 Å². The van der Waals surface area contributed by atoms with Gasteiger partial charge in [-0.25, -0.2) is 0 Å². The van der Waals surface area contributed by atoms with Gasteiger partial charge in [0.05, 0.1) is 0 Å². The molecule has 1 amide bonds. The Morgan fingerprint density at radius 3 is 2.15 bits per heavy atom. The Morgan fingerprint density at radius 1 is 1.25 bits per heavy atom. The van der Waals surface area contributed by atoms with Crippen molar-refractivity contribution in [2.75, 3.05) is 27.7 Å². The van der Waals surface area contributed by atoms with Gasteiger partial charge in [-0.05, 0) is 45.2 Å². The van der Waals surface area contributed by atoms with Crippen molar-refractivity contribution < 1.29 is 4.79 Å². The molecule has 20 heavy (non-hydrogen) atoms. The van der Waals surface area contributed by atoms with E-state index in [9.17, 15) is 4.79 Å². The van der Waals surface area contributed by atoms with E-state index in [4.69, 9.17) is 5.73 Å². The number of nitrogens with zero attached hydrogens (tertiary/aromatic N) is 2. The number of rotatable bonds is 6. The van der Waals surface area contributed by atoms with Gasteiger partial charge in [0.25, 0.3) is 0 Å². The molecule has 1 saturated carbocycles. The summed E-state index contributed by atoms with van der Waals surface area (Å²) in [6.07, 6.45) is 4.98. The summed E-state index contributed by atoms with van der Waals surface area (Å²) < 4.78 is 0. The molecule has 1 unspecified atom stereocenters. The van der Waals surface area contributed by atoms with E-state index < -0.39 is 0 Å².